The first-order valence-electron chi connectivity index (χ1n) is 6.73. The standard InChI is InChI=1S/C14H14FN3OS3/c1-9-16-17-14(22-9)21-8-12(19)18-6-7-20-13(18)10-4-2-3-5-11(10)15/h2-5,13H,6-8H2,1H3. The van der Waals surface area contributed by atoms with Crippen molar-refractivity contribution in [3.8, 4) is 0 Å². The maximum atomic E-state index is 14.0. The van der Waals surface area contributed by atoms with Crippen molar-refractivity contribution in [2.24, 2.45) is 0 Å². The van der Waals surface area contributed by atoms with Crippen LogP contribution in [-0.2, 0) is 4.79 Å². The highest BCUT2D eigenvalue weighted by molar-refractivity contribution is 8.01. The Bertz CT molecular complexity index is 679. The van der Waals surface area contributed by atoms with Crippen molar-refractivity contribution in [3.63, 3.8) is 0 Å². The van der Waals surface area contributed by atoms with Gasteiger partial charge in [0.25, 0.3) is 0 Å². The minimum Gasteiger partial charge on any atom is -0.325 e. The van der Waals surface area contributed by atoms with Crippen LogP contribution >= 0.6 is 34.9 Å². The number of nitrogens with zero attached hydrogens (tertiary/aromatic N) is 3. The number of amides is 1. The minimum absolute atomic E-state index is 0.0103. The average molecular weight is 355 g/mol. The zero-order chi connectivity index (χ0) is 15.5. The predicted octanol–water partition coefficient (Wildman–Crippen LogP) is 3.35. The lowest BCUT2D eigenvalue weighted by Gasteiger charge is -2.24. The van der Waals surface area contributed by atoms with E-state index in [-0.39, 0.29) is 17.1 Å². The van der Waals surface area contributed by atoms with Crippen molar-refractivity contribution in [1.82, 2.24) is 15.1 Å². The molecule has 1 aliphatic heterocycles. The van der Waals surface area contributed by atoms with Crippen LogP contribution in [0.1, 0.15) is 15.9 Å². The highest BCUT2D eigenvalue weighted by Crippen LogP contribution is 2.39. The molecule has 1 saturated heterocycles. The Morgan fingerprint density at radius 3 is 3.00 bits per heavy atom. The van der Waals surface area contributed by atoms with Gasteiger partial charge in [-0.2, -0.15) is 0 Å². The smallest absolute Gasteiger partial charge is 0.234 e. The number of thioether (sulfide) groups is 2. The normalized spacial score (nSPS) is 17.9. The second-order valence-electron chi connectivity index (χ2n) is 4.71. The van der Waals surface area contributed by atoms with Gasteiger partial charge in [-0.05, 0) is 13.0 Å². The first-order chi connectivity index (χ1) is 10.6. The van der Waals surface area contributed by atoms with Crippen molar-refractivity contribution < 1.29 is 9.18 Å². The molecular weight excluding hydrogens is 341 g/mol. The maximum absolute atomic E-state index is 14.0. The Morgan fingerprint density at radius 1 is 1.45 bits per heavy atom. The van der Waals surface area contributed by atoms with Gasteiger partial charge in [-0.15, -0.1) is 22.0 Å². The van der Waals surface area contributed by atoms with Crippen LogP contribution in [-0.4, -0.2) is 39.1 Å². The summed E-state index contributed by atoms with van der Waals surface area (Å²) in [5.41, 5.74) is 0.579. The van der Waals surface area contributed by atoms with Crippen molar-refractivity contribution in [2.75, 3.05) is 18.1 Å². The summed E-state index contributed by atoms with van der Waals surface area (Å²) in [5.74, 6) is 0.885. The molecule has 1 amide bonds. The maximum Gasteiger partial charge on any atom is 0.234 e. The zero-order valence-electron chi connectivity index (χ0n) is 11.9. The first kappa shape index (κ1) is 15.8. The van der Waals surface area contributed by atoms with Gasteiger partial charge in [-0.1, -0.05) is 41.3 Å². The molecule has 0 spiro atoms. The van der Waals surface area contributed by atoms with Crippen molar-refractivity contribution in [2.45, 2.75) is 16.6 Å². The van der Waals surface area contributed by atoms with E-state index in [1.807, 2.05) is 6.92 Å². The Hall–Kier alpha value is -1.12. The van der Waals surface area contributed by atoms with E-state index in [2.05, 4.69) is 10.2 Å². The van der Waals surface area contributed by atoms with Crippen molar-refractivity contribution in [3.05, 3.63) is 40.7 Å². The molecule has 4 nitrogen and oxygen atoms in total. The van der Waals surface area contributed by atoms with E-state index < -0.39 is 0 Å². The van der Waals surface area contributed by atoms with E-state index in [0.29, 0.717) is 17.9 Å². The molecule has 1 aromatic carbocycles. The third-order valence-electron chi connectivity index (χ3n) is 3.21. The van der Waals surface area contributed by atoms with Crippen molar-refractivity contribution >= 4 is 40.8 Å². The molecule has 2 aromatic rings. The van der Waals surface area contributed by atoms with E-state index >= 15 is 0 Å². The van der Waals surface area contributed by atoms with Crippen LogP contribution in [0.5, 0.6) is 0 Å². The SMILES string of the molecule is Cc1nnc(SCC(=O)N2CCSC2c2ccccc2F)s1. The highest BCUT2D eigenvalue weighted by atomic mass is 32.2. The van der Waals surface area contributed by atoms with Gasteiger partial charge in [0.2, 0.25) is 5.91 Å². The van der Waals surface area contributed by atoms with E-state index in [1.54, 1.807) is 34.9 Å². The molecule has 0 radical (unpaired) electrons. The summed E-state index contributed by atoms with van der Waals surface area (Å²) in [6, 6.07) is 6.66. The van der Waals surface area contributed by atoms with Gasteiger partial charge in [-0.3, -0.25) is 4.79 Å². The lowest BCUT2D eigenvalue weighted by atomic mass is 10.2. The molecule has 22 heavy (non-hydrogen) atoms. The van der Waals surface area contributed by atoms with Gasteiger partial charge in [0.05, 0.1) is 5.75 Å². The lowest BCUT2D eigenvalue weighted by Crippen LogP contribution is -2.32. The third-order valence-corrected chi connectivity index (χ3v) is 6.41. The monoisotopic (exact) mass is 355 g/mol. The summed E-state index contributed by atoms with van der Waals surface area (Å²) in [7, 11) is 0. The second kappa shape index (κ2) is 6.97. The molecule has 0 bridgehead atoms. The van der Waals surface area contributed by atoms with Gasteiger partial charge >= 0.3 is 0 Å². The van der Waals surface area contributed by atoms with Crippen molar-refractivity contribution in [1.29, 1.82) is 0 Å². The number of rotatable bonds is 4. The summed E-state index contributed by atoms with van der Waals surface area (Å²) in [5, 5.41) is 8.59. The highest BCUT2D eigenvalue weighted by Gasteiger charge is 2.32. The molecule has 1 atom stereocenters. The first-order valence-corrected chi connectivity index (χ1v) is 9.58. The van der Waals surface area contributed by atoms with Gasteiger partial charge < -0.3 is 4.90 Å². The van der Waals surface area contributed by atoms with Crippen LogP contribution < -0.4 is 0 Å². The third kappa shape index (κ3) is 3.44. The summed E-state index contributed by atoms with van der Waals surface area (Å²) in [6.45, 7) is 2.53. The van der Waals surface area contributed by atoms with Gasteiger partial charge in [0.15, 0.2) is 4.34 Å². The van der Waals surface area contributed by atoms with Crippen LogP contribution in [0.3, 0.4) is 0 Å². The van der Waals surface area contributed by atoms with E-state index in [1.165, 1.54) is 29.2 Å². The molecule has 0 saturated carbocycles. The van der Waals surface area contributed by atoms with E-state index in [4.69, 9.17) is 0 Å². The number of aryl methyl sites for hydroxylation is 1. The zero-order valence-corrected chi connectivity index (χ0v) is 14.3. The fourth-order valence-corrected chi connectivity index (χ4v) is 5.20. The summed E-state index contributed by atoms with van der Waals surface area (Å²) in [4.78, 5) is 14.2. The van der Waals surface area contributed by atoms with Crippen LogP contribution in [0.15, 0.2) is 28.6 Å². The van der Waals surface area contributed by atoms with Crippen LogP contribution in [0.25, 0.3) is 0 Å². The molecule has 1 unspecified atom stereocenters. The quantitative estimate of drug-likeness (QED) is 0.787. The van der Waals surface area contributed by atoms with Gasteiger partial charge in [0, 0.05) is 17.9 Å². The fraction of sp³-hybridized carbons (Fsp3) is 0.357. The molecule has 1 aromatic heterocycles. The Labute approximate surface area is 140 Å². The van der Waals surface area contributed by atoms with Gasteiger partial charge in [0.1, 0.15) is 16.2 Å². The molecule has 0 N–H and O–H groups in total. The fourth-order valence-electron chi connectivity index (χ4n) is 2.20. The number of halogens is 1. The molecule has 3 rings (SSSR count). The lowest BCUT2D eigenvalue weighted by molar-refractivity contribution is -0.128. The number of carbonyl (C=O) groups excluding carboxylic acids is 1. The van der Waals surface area contributed by atoms with Crippen LogP contribution in [0, 0.1) is 12.7 Å². The Kier molecular flexibility index (Phi) is 5.00. The summed E-state index contributed by atoms with van der Waals surface area (Å²) < 4.78 is 14.8. The summed E-state index contributed by atoms with van der Waals surface area (Å²) >= 11 is 4.47. The molecule has 1 fully saturated rings. The average Bonchev–Trinajstić information content (AvgIpc) is 3.14. The second-order valence-corrected chi connectivity index (χ2v) is 8.30. The number of carbonyl (C=O) groups is 1. The molecule has 8 heteroatoms. The number of hydrogen-bond acceptors (Lipinski definition) is 6. The number of benzene rings is 1. The largest absolute Gasteiger partial charge is 0.325 e. The Morgan fingerprint density at radius 2 is 2.27 bits per heavy atom. The topological polar surface area (TPSA) is 46.1 Å². The number of hydrogen-bond donors (Lipinski definition) is 0. The predicted molar refractivity (Wildman–Crippen MR) is 88.7 cm³/mol. The minimum atomic E-state index is -0.257. The summed E-state index contributed by atoms with van der Waals surface area (Å²) in [6.07, 6.45) is 0. The molecular formula is C14H14FN3OS3. The molecule has 0 aliphatic carbocycles. The van der Waals surface area contributed by atoms with Gasteiger partial charge in [-0.25, -0.2) is 4.39 Å². The Balaban J connectivity index is 1.67. The van der Waals surface area contributed by atoms with Crippen LogP contribution in [0.4, 0.5) is 4.39 Å². The molecule has 1 aliphatic rings. The molecule has 116 valence electrons. The van der Waals surface area contributed by atoms with E-state index in [9.17, 15) is 9.18 Å². The van der Waals surface area contributed by atoms with E-state index in [0.717, 1.165) is 15.1 Å². The molecule has 2 heterocycles. The number of aromatic nitrogens is 2. The van der Waals surface area contributed by atoms with Crippen LogP contribution in [0.2, 0.25) is 0 Å².